The molecule has 1 aliphatic rings. The highest BCUT2D eigenvalue weighted by Gasteiger charge is 2.24. The minimum atomic E-state index is -0.498. The lowest BCUT2D eigenvalue weighted by molar-refractivity contribution is 0.0734. The molecule has 0 saturated heterocycles. The van der Waals surface area contributed by atoms with Crippen LogP contribution in [0.15, 0.2) is 42.5 Å². The number of rotatable bonds is 23. The van der Waals surface area contributed by atoms with E-state index in [-0.39, 0.29) is 0 Å². The van der Waals surface area contributed by atoms with Crippen molar-refractivity contribution in [3.63, 3.8) is 0 Å². The van der Waals surface area contributed by atoms with Gasteiger partial charge in [0, 0.05) is 0 Å². The third kappa shape index (κ3) is 14.3. The molecular formula is C40H59NO4. The highest BCUT2D eigenvalue weighted by molar-refractivity contribution is 5.91. The van der Waals surface area contributed by atoms with Gasteiger partial charge in [-0.15, -0.1) is 0 Å². The maximum Gasteiger partial charge on any atom is 0.343 e. The number of nitriles is 1. The fourth-order valence-electron chi connectivity index (χ4n) is 6.65. The van der Waals surface area contributed by atoms with Crippen molar-refractivity contribution in [3.8, 4) is 23.3 Å². The van der Waals surface area contributed by atoms with E-state index in [0.29, 0.717) is 35.8 Å². The summed E-state index contributed by atoms with van der Waals surface area (Å²) in [4.78, 5) is 12.8. The van der Waals surface area contributed by atoms with E-state index in [1.807, 2.05) is 12.1 Å². The number of nitrogens with zero attached hydrogens (tertiary/aromatic N) is 1. The summed E-state index contributed by atoms with van der Waals surface area (Å²) in [6.07, 6.45) is 26.0. The Kier molecular flexibility index (Phi) is 18.2. The van der Waals surface area contributed by atoms with Crippen LogP contribution in [0.4, 0.5) is 0 Å². The Hall–Kier alpha value is -3.00. The predicted molar refractivity (Wildman–Crippen MR) is 184 cm³/mol. The van der Waals surface area contributed by atoms with Crippen LogP contribution in [-0.2, 0) is 0 Å². The van der Waals surface area contributed by atoms with Gasteiger partial charge in [0.05, 0.1) is 24.3 Å². The van der Waals surface area contributed by atoms with Gasteiger partial charge in [0.2, 0.25) is 0 Å². The summed E-state index contributed by atoms with van der Waals surface area (Å²) in [7, 11) is 0. The van der Waals surface area contributed by atoms with E-state index >= 15 is 0 Å². The standard InChI is InChI=1S/C40H59NO4/c1-3-5-7-8-9-10-11-12-13-17-29-44-39-28-23-35(31-36(39)32-41)40(42)45-38-26-24-37(25-27-38)43-30-18-22-34-21-16-15-20-33(34)19-14-6-4-2/h23-28,31,33-34H,3-22,29-30H2,1-2H3. The maximum absolute atomic E-state index is 12.8. The minimum absolute atomic E-state index is 0.328. The van der Waals surface area contributed by atoms with Gasteiger partial charge < -0.3 is 14.2 Å². The van der Waals surface area contributed by atoms with E-state index in [4.69, 9.17) is 14.2 Å². The molecule has 2 atom stereocenters. The van der Waals surface area contributed by atoms with E-state index < -0.39 is 5.97 Å². The molecule has 0 aromatic heterocycles. The summed E-state index contributed by atoms with van der Waals surface area (Å²) in [6, 6.07) is 14.3. The molecule has 1 fully saturated rings. The first-order valence-corrected chi connectivity index (χ1v) is 18.3. The molecule has 2 unspecified atom stereocenters. The third-order valence-electron chi connectivity index (χ3n) is 9.36. The van der Waals surface area contributed by atoms with E-state index in [2.05, 4.69) is 19.9 Å². The smallest absolute Gasteiger partial charge is 0.343 e. The van der Waals surface area contributed by atoms with Gasteiger partial charge in [-0.3, -0.25) is 0 Å². The van der Waals surface area contributed by atoms with Crippen LogP contribution in [0.5, 0.6) is 17.2 Å². The average Bonchev–Trinajstić information content (AvgIpc) is 3.07. The van der Waals surface area contributed by atoms with Crippen LogP contribution in [-0.4, -0.2) is 19.2 Å². The van der Waals surface area contributed by atoms with Crippen molar-refractivity contribution < 1.29 is 19.0 Å². The highest BCUT2D eigenvalue weighted by Crippen LogP contribution is 2.36. The molecule has 248 valence electrons. The molecule has 3 rings (SSSR count). The Morgan fingerprint density at radius 1 is 0.689 bits per heavy atom. The first-order chi connectivity index (χ1) is 22.1. The van der Waals surface area contributed by atoms with Crippen LogP contribution >= 0.6 is 0 Å². The van der Waals surface area contributed by atoms with Gasteiger partial charge in [-0.2, -0.15) is 5.26 Å². The SMILES string of the molecule is CCCCCCCCCCCCOc1ccc(C(=O)Oc2ccc(OCCCC3CCCCC3CCCCC)cc2)cc1C#N. The summed E-state index contributed by atoms with van der Waals surface area (Å²) in [5.74, 6) is 3.01. The molecule has 0 spiro atoms. The van der Waals surface area contributed by atoms with Gasteiger partial charge in [-0.1, -0.05) is 123 Å². The predicted octanol–water partition coefficient (Wildman–Crippen LogP) is 11.6. The van der Waals surface area contributed by atoms with Gasteiger partial charge in [-0.25, -0.2) is 4.79 Å². The largest absolute Gasteiger partial charge is 0.494 e. The Morgan fingerprint density at radius 2 is 1.24 bits per heavy atom. The minimum Gasteiger partial charge on any atom is -0.494 e. The highest BCUT2D eigenvalue weighted by atomic mass is 16.5. The number of carbonyl (C=O) groups excluding carboxylic acids is 1. The third-order valence-corrected chi connectivity index (χ3v) is 9.36. The number of carbonyl (C=O) groups is 1. The molecule has 1 aliphatic carbocycles. The number of esters is 1. The van der Waals surface area contributed by atoms with Crippen molar-refractivity contribution >= 4 is 5.97 Å². The first-order valence-electron chi connectivity index (χ1n) is 18.3. The summed E-state index contributed by atoms with van der Waals surface area (Å²) in [5, 5.41) is 9.65. The van der Waals surface area contributed by atoms with Gasteiger partial charge in [0.1, 0.15) is 23.3 Å². The van der Waals surface area contributed by atoms with Gasteiger partial charge in [0.15, 0.2) is 0 Å². The lowest BCUT2D eigenvalue weighted by Crippen LogP contribution is -2.20. The molecule has 0 bridgehead atoms. The average molecular weight is 618 g/mol. The molecule has 0 radical (unpaired) electrons. The maximum atomic E-state index is 12.8. The topological polar surface area (TPSA) is 68.6 Å². The van der Waals surface area contributed by atoms with E-state index in [1.165, 1.54) is 109 Å². The molecule has 0 aliphatic heterocycles. The van der Waals surface area contributed by atoms with Crippen molar-refractivity contribution in [2.75, 3.05) is 13.2 Å². The van der Waals surface area contributed by atoms with Crippen LogP contribution in [0.1, 0.15) is 158 Å². The van der Waals surface area contributed by atoms with Crippen molar-refractivity contribution in [2.24, 2.45) is 11.8 Å². The lowest BCUT2D eigenvalue weighted by atomic mass is 9.74. The second kappa shape index (κ2) is 22.5. The summed E-state index contributed by atoms with van der Waals surface area (Å²) in [6.45, 7) is 5.82. The fourth-order valence-corrected chi connectivity index (χ4v) is 6.65. The molecule has 0 heterocycles. The van der Waals surface area contributed by atoms with E-state index in [9.17, 15) is 10.1 Å². The van der Waals surface area contributed by atoms with E-state index in [1.54, 1.807) is 30.3 Å². The molecule has 2 aromatic carbocycles. The number of hydrogen-bond donors (Lipinski definition) is 0. The van der Waals surface area contributed by atoms with Gasteiger partial charge in [-0.05, 0) is 73.6 Å². The van der Waals surface area contributed by atoms with Crippen LogP contribution < -0.4 is 14.2 Å². The zero-order valence-electron chi connectivity index (χ0n) is 28.3. The number of ether oxygens (including phenoxy) is 3. The summed E-state index contributed by atoms with van der Waals surface area (Å²) >= 11 is 0. The van der Waals surface area contributed by atoms with Gasteiger partial charge >= 0.3 is 5.97 Å². The zero-order chi connectivity index (χ0) is 32.0. The van der Waals surface area contributed by atoms with Crippen molar-refractivity contribution in [1.82, 2.24) is 0 Å². The first kappa shape index (κ1) is 36.5. The molecule has 5 nitrogen and oxygen atoms in total. The molecule has 1 saturated carbocycles. The van der Waals surface area contributed by atoms with Gasteiger partial charge in [0.25, 0.3) is 0 Å². The number of unbranched alkanes of at least 4 members (excludes halogenated alkanes) is 11. The second-order valence-corrected chi connectivity index (χ2v) is 13.0. The Morgan fingerprint density at radius 3 is 1.89 bits per heavy atom. The molecule has 5 heteroatoms. The Bertz CT molecular complexity index is 1120. The quantitative estimate of drug-likeness (QED) is 0.0705. The summed E-state index contributed by atoms with van der Waals surface area (Å²) < 4.78 is 17.5. The zero-order valence-corrected chi connectivity index (χ0v) is 28.3. The lowest BCUT2D eigenvalue weighted by Gasteiger charge is -2.31. The molecule has 0 N–H and O–H groups in total. The molecule has 0 amide bonds. The fraction of sp³-hybridized carbons (Fsp3) is 0.650. The van der Waals surface area contributed by atoms with Crippen LogP contribution in [0.2, 0.25) is 0 Å². The van der Waals surface area contributed by atoms with Crippen LogP contribution in [0.25, 0.3) is 0 Å². The normalized spacial score (nSPS) is 16.2. The summed E-state index contributed by atoms with van der Waals surface area (Å²) in [5.41, 5.74) is 0.676. The van der Waals surface area contributed by atoms with Crippen LogP contribution in [0.3, 0.4) is 0 Å². The Labute approximate surface area is 274 Å². The van der Waals surface area contributed by atoms with Crippen molar-refractivity contribution in [2.45, 2.75) is 142 Å². The van der Waals surface area contributed by atoms with Crippen LogP contribution in [0, 0.1) is 23.2 Å². The monoisotopic (exact) mass is 617 g/mol. The second-order valence-electron chi connectivity index (χ2n) is 13.0. The number of benzene rings is 2. The Balaban J connectivity index is 1.34. The molecule has 2 aromatic rings. The van der Waals surface area contributed by atoms with E-state index in [0.717, 1.165) is 36.8 Å². The molecular weight excluding hydrogens is 558 g/mol. The van der Waals surface area contributed by atoms with Crippen molar-refractivity contribution in [3.05, 3.63) is 53.6 Å². The number of hydrogen-bond acceptors (Lipinski definition) is 5. The van der Waals surface area contributed by atoms with Crippen molar-refractivity contribution in [1.29, 1.82) is 5.26 Å². The molecule has 45 heavy (non-hydrogen) atoms.